The van der Waals surface area contributed by atoms with E-state index in [1.165, 1.54) is 44.2 Å². The Morgan fingerprint density at radius 3 is 2.64 bits per heavy atom. The van der Waals surface area contributed by atoms with Crippen LogP contribution in [0.5, 0.6) is 0 Å². The predicted molar refractivity (Wildman–Crippen MR) is 99.4 cm³/mol. The Bertz CT molecular complexity index is 548. The summed E-state index contributed by atoms with van der Waals surface area (Å²) in [5.41, 5.74) is 0.674. The molecule has 1 atom stereocenters. The van der Waals surface area contributed by atoms with Crippen LogP contribution >= 0.6 is 0 Å². The number of nitrogens with zero attached hydrogens (tertiary/aromatic N) is 3. The Labute approximate surface area is 151 Å². The molecule has 4 rings (SSSR count). The molecule has 0 spiro atoms. The molecule has 3 fully saturated rings. The number of nitrogens with one attached hydrogen (secondary N) is 1. The zero-order valence-electron chi connectivity index (χ0n) is 15.6. The van der Waals surface area contributed by atoms with Gasteiger partial charge in [0.1, 0.15) is 5.82 Å². The number of β-amino-alcohol motifs (C(OH)–C–C–N with tert-alkyl or cyclic N) is 1. The van der Waals surface area contributed by atoms with Crippen LogP contribution in [0.15, 0.2) is 6.20 Å². The van der Waals surface area contributed by atoms with Crippen LogP contribution < -0.4 is 0 Å². The third-order valence-electron chi connectivity index (χ3n) is 6.38. The number of rotatable bonds is 6. The first-order valence-corrected chi connectivity index (χ1v) is 10.4. The SMILES string of the molecule is O[C@]1(CN2CCCC2)CCCN(Cc2cnc(CC3CCCC3)[nH]2)C1. The van der Waals surface area contributed by atoms with Gasteiger partial charge in [-0.3, -0.25) is 4.90 Å². The first kappa shape index (κ1) is 17.5. The maximum Gasteiger partial charge on any atom is 0.106 e. The fourth-order valence-electron chi connectivity index (χ4n) is 5.15. The first-order chi connectivity index (χ1) is 12.2. The van der Waals surface area contributed by atoms with Gasteiger partial charge < -0.3 is 15.0 Å². The number of H-pyrrole nitrogens is 1. The molecule has 1 saturated carbocycles. The molecule has 25 heavy (non-hydrogen) atoms. The Balaban J connectivity index is 1.30. The third-order valence-corrected chi connectivity index (χ3v) is 6.38. The lowest BCUT2D eigenvalue weighted by Crippen LogP contribution is -2.53. The van der Waals surface area contributed by atoms with E-state index in [0.29, 0.717) is 0 Å². The highest BCUT2D eigenvalue weighted by Crippen LogP contribution is 2.28. The van der Waals surface area contributed by atoms with Crippen LogP contribution in [-0.2, 0) is 13.0 Å². The monoisotopic (exact) mass is 346 g/mol. The summed E-state index contributed by atoms with van der Waals surface area (Å²) < 4.78 is 0. The van der Waals surface area contributed by atoms with Gasteiger partial charge in [-0.15, -0.1) is 0 Å². The predicted octanol–water partition coefficient (Wildman–Crippen LogP) is 2.57. The van der Waals surface area contributed by atoms with E-state index in [-0.39, 0.29) is 0 Å². The summed E-state index contributed by atoms with van der Waals surface area (Å²) in [6.45, 7) is 5.93. The van der Waals surface area contributed by atoms with Crippen molar-refractivity contribution in [1.82, 2.24) is 19.8 Å². The summed E-state index contributed by atoms with van der Waals surface area (Å²) in [4.78, 5) is 13.0. The second-order valence-electron chi connectivity index (χ2n) is 8.73. The molecular formula is C20H34N4O. The van der Waals surface area contributed by atoms with E-state index in [1.54, 1.807) is 0 Å². The lowest BCUT2D eigenvalue weighted by molar-refractivity contribution is -0.0521. The summed E-state index contributed by atoms with van der Waals surface area (Å²) in [6, 6.07) is 0. The van der Waals surface area contributed by atoms with Crippen molar-refractivity contribution in [3.05, 3.63) is 17.7 Å². The molecule has 0 radical (unpaired) electrons. The van der Waals surface area contributed by atoms with E-state index < -0.39 is 5.60 Å². The summed E-state index contributed by atoms with van der Waals surface area (Å²) in [6.07, 6.45) is 13.2. The molecule has 0 aromatic carbocycles. The van der Waals surface area contributed by atoms with Crippen molar-refractivity contribution in [2.45, 2.75) is 69.9 Å². The van der Waals surface area contributed by atoms with E-state index >= 15 is 0 Å². The van der Waals surface area contributed by atoms with E-state index in [9.17, 15) is 5.11 Å². The number of likely N-dealkylation sites (tertiary alicyclic amines) is 2. The van der Waals surface area contributed by atoms with Crippen LogP contribution in [0.25, 0.3) is 0 Å². The van der Waals surface area contributed by atoms with Crippen LogP contribution in [0.3, 0.4) is 0 Å². The molecule has 2 N–H and O–H groups in total. The molecule has 3 heterocycles. The molecule has 2 aliphatic heterocycles. The van der Waals surface area contributed by atoms with Gasteiger partial charge in [0.2, 0.25) is 0 Å². The Morgan fingerprint density at radius 1 is 1.08 bits per heavy atom. The zero-order valence-corrected chi connectivity index (χ0v) is 15.6. The molecule has 0 amide bonds. The first-order valence-electron chi connectivity index (χ1n) is 10.4. The van der Waals surface area contributed by atoms with Crippen molar-refractivity contribution >= 4 is 0 Å². The molecule has 0 bridgehead atoms. The molecule has 1 aromatic heterocycles. The van der Waals surface area contributed by atoms with Crippen LogP contribution in [-0.4, -0.2) is 63.2 Å². The average molecular weight is 347 g/mol. The third kappa shape index (κ3) is 4.63. The van der Waals surface area contributed by atoms with Gasteiger partial charge in [-0.2, -0.15) is 0 Å². The lowest BCUT2D eigenvalue weighted by Gasteiger charge is -2.41. The number of imidazole rings is 1. The smallest absolute Gasteiger partial charge is 0.106 e. The number of aromatic amines is 1. The van der Waals surface area contributed by atoms with Crippen molar-refractivity contribution < 1.29 is 5.11 Å². The fraction of sp³-hybridized carbons (Fsp3) is 0.850. The number of piperidine rings is 1. The molecular weight excluding hydrogens is 312 g/mol. The Hall–Kier alpha value is -0.910. The molecule has 5 heteroatoms. The molecule has 2 saturated heterocycles. The van der Waals surface area contributed by atoms with Gasteiger partial charge in [-0.1, -0.05) is 25.7 Å². The zero-order chi connectivity index (χ0) is 17.1. The highest BCUT2D eigenvalue weighted by Gasteiger charge is 2.35. The molecule has 3 aliphatic rings. The van der Waals surface area contributed by atoms with E-state index in [4.69, 9.17) is 0 Å². The van der Waals surface area contributed by atoms with E-state index in [0.717, 1.165) is 70.3 Å². The number of hydrogen-bond acceptors (Lipinski definition) is 4. The molecule has 1 aliphatic carbocycles. The van der Waals surface area contributed by atoms with Crippen LogP contribution in [0, 0.1) is 5.92 Å². The van der Waals surface area contributed by atoms with Gasteiger partial charge in [0.05, 0.1) is 5.60 Å². The van der Waals surface area contributed by atoms with Gasteiger partial charge in [-0.25, -0.2) is 4.98 Å². The van der Waals surface area contributed by atoms with Crippen LogP contribution in [0.4, 0.5) is 0 Å². The summed E-state index contributed by atoms with van der Waals surface area (Å²) in [7, 11) is 0. The summed E-state index contributed by atoms with van der Waals surface area (Å²) >= 11 is 0. The molecule has 140 valence electrons. The summed E-state index contributed by atoms with van der Waals surface area (Å²) in [5, 5.41) is 11.1. The molecule has 5 nitrogen and oxygen atoms in total. The highest BCUT2D eigenvalue weighted by atomic mass is 16.3. The van der Waals surface area contributed by atoms with Gasteiger partial charge >= 0.3 is 0 Å². The minimum absolute atomic E-state index is 0.532. The average Bonchev–Trinajstić information content (AvgIpc) is 3.31. The van der Waals surface area contributed by atoms with Crippen molar-refractivity contribution in [1.29, 1.82) is 0 Å². The van der Waals surface area contributed by atoms with Crippen molar-refractivity contribution in [3.63, 3.8) is 0 Å². The molecule has 1 aromatic rings. The number of aliphatic hydroxyl groups is 1. The maximum absolute atomic E-state index is 11.1. The Morgan fingerprint density at radius 2 is 1.84 bits per heavy atom. The maximum atomic E-state index is 11.1. The minimum Gasteiger partial charge on any atom is -0.387 e. The van der Waals surface area contributed by atoms with Crippen molar-refractivity contribution in [2.75, 3.05) is 32.7 Å². The normalized spacial score (nSPS) is 29.6. The minimum atomic E-state index is -0.532. The van der Waals surface area contributed by atoms with Crippen LogP contribution in [0.2, 0.25) is 0 Å². The fourth-order valence-corrected chi connectivity index (χ4v) is 5.15. The summed E-state index contributed by atoms with van der Waals surface area (Å²) in [5.74, 6) is 1.99. The largest absolute Gasteiger partial charge is 0.387 e. The highest BCUT2D eigenvalue weighted by molar-refractivity contribution is 5.03. The van der Waals surface area contributed by atoms with Crippen molar-refractivity contribution in [3.8, 4) is 0 Å². The second-order valence-corrected chi connectivity index (χ2v) is 8.73. The van der Waals surface area contributed by atoms with Crippen LogP contribution in [0.1, 0.15) is 62.9 Å². The molecule has 0 unspecified atom stereocenters. The van der Waals surface area contributed by atoms with Gasteiger partial charge in [-0.05, 0) is 51.2 Å². The Kier molecular flexibility index (Phi) is 5.44. The van der Waals surface area contributed by atoms with Gasteiger partial charge in [0.15, 0.2) is 0 Å². The lowest BCUT2D eigenvalue weighted by atomic mass is 9.92. The second kappa shape index (κ2) is 7.77. The van der Waals surface area contributed by atoms with E-state index in [2.05, 4.69) is 19.8 Å². The quantitative estimate of drug-likeness (QED) is 0.831. The van der Waals surface area contributed by atoms with Crippen molar-refractivity contribution in [2.24, 2.45) is 5.92 Å². The number of aromatic nitrogens is 2. The standard InChI is InChI=1S/C20H34N4O/c25-20(15-23-9-3-4-10-23)8-5-11-24(16-20)14-18-13-21-19(22-18)12-17-6-1-2-7-17/h13,17,25H,1-12,14-16H2,(H,21,22)/t20-/m0/s1. The van der Waals surface area contributed by atoms with Gasteiger partial charge in [0, 0.05) is 37.9 Å². The van der Waals surface area contributed by atoms with E-state index in [1.807, 2.05) is 6.20 Å². The van der Waals surface area contributed by atoms with Gasteiger partial charge in [0.25, 0.3) is 0 Å². The number of hydrogen-bond donors (Lipinski definition) is 2. The topological polar surface area (TPSA) is 55.4 Å².